The van der Waals surface area contributed by atoms with Crippen LogP contribution in [0, 0.1) is 5.82 Å². The molecule has 0 spiro atoms. The van der Waals surface area contributed by atoms with Crippen molar-refractivity contribution >= 4 is 23.2 Å². The minimum absolute atomic E-state index is 0.229. The van der Waals surface area contributed by atoms with E-state index in [9.17, 15) is 4.39 Å². The molecule has 1 aromatic heterocycles. The van der Waals surface area contributed by atoms with Gasteiger partial charge in [-0.15, -0.1) is 11.6 Å². The molecule has 0 saturated heterocycles. The summed E-state index contributed by atoms with van der Waals surface area (Å²) in [5, 5.41) is 3.75. The Morgan fingerprint density at radius 2 is 2.22 bits per heavy atom. The number of benzene rings is 1. The van der Waals surface area contributed by atoms with Crippen molar-refractivity contribution in [1.29, 1.82) is 0 Å². The number of hydrogen-bond acceptors (Lipinski definition) is 3. The van der Waals surface area contributed by atoms with E-state index in [-0.39, 0.29) is 16.3 Å². The van der Waals surface area contributed by atoms with Crippen molar-refractivity contribution in [2.75, 3.05) is 0 Å². The standard InChI is InChI=1S/C12H11Cl2FN2O/c1-2-3-9(13)11-16-12(18-17-11)8-5-4-7(15)6-10(8)14/h4-6,9H,2-3H2,1H3. The van der Waals surface area contributed by atoms with Gasteiger partial charge >= 0.3 is 0 Å². The number of rotatable bonds is 4. The van der Waals surface area contributed by atoms with Crippen LogP contribution in [0.4, 0.5) is 4.39 Å². The summed E-state index contributed by atoms with van der Waals surface area (Å²) in [5.41, 5.74) is 0.497. The van der Waals surface area contributed by atoms with Crippen LogP contribution in [0.2, 0.25) is 5.02 Å². The molecular weight excluding hydrogens is 278 g/mol. The molecule has 0 aliphatic rings. The first-order valence-corrected chi connectivity index (χ1v) is 6.36. The van der Waals surface area contributed by atoms with E-state index in [1.807, 2.05) is 6.92 Å². The first-order chi connectivity index (χ1) is 8.61. The summed E-state index contributed by atoms with van der Waals surface area (Å²) in [5.74, 6) is 0.260. The Kier molecular flexibility index (Phi) is 4.19. The minimum Gasteiger partial charge on any atom is -0.334 e. The molecule has 3 nitrogen and oxygen atoms in total. The van der Waals surface area contributed by atoms with Gasteiger partial charge in [0.05, 0.1) is 16.0 Å². The van der Waals surface area contributed by atoms with E-state index in [1.165, 1.54) is 18.2 Å². The molecular formula is C12H11Cl2FN2O. The molecule has 0 N–H and O–H groups in total. The van der Waals surface area contributed by atoms with E-state index in [0.717, 1.165) is 12.8 Å². The van der Waals surface area contributed by atoms with Crippen molar-refractivity contribution < 1.29 is 8.91 Å². The van der Waals surface area contributed by atoms with Gasteiger partial charge in [0.15, 0.2) is 5.82 Å². The second-order valence-electron chi connectivity index (χ2n) is 3.84. The highest BCUT2D eigenvalue weighted by Crippen LogP contribution is 2.30. The van der Waals surface area contributed by atoms with Crippen molar-refractivity contribution in [2.24, 2.45) is 0 Å². The van der Waals surface area contributed by atoms with Crippen LogP contribution < -0.4 is 0 Å². The van der Waals surface area contributed by atoms with Gasteiger partial charge in [-0.2, -0.15) is 4.98 Å². The van der Waals surface area contributed by atoms with Crippen LogP contribution in [-0.4, -0.2) is 10.1 Å². The number of aromatic nitrogens is 2. The molecule has 2 rings (SSSR count). The summed E-state index contributed by atoms with van der Waals surface area (Å²) in [7, 11) is 0. The largest absolute Gasteiger partial charge is 0.334 e. The lowest BCUT2D eigenvalue weighted by atomic mass is 10.2. The third-order valence-electron chi connectivity index (χ3n) is 2.43. The first kappa shape index (κ1) is 13.3. The second-order valence-corrected chi connectivity index (χ2v) is 4.77. The average molecular weight is 289 g/mol. The van der Waals surface area contributed by atoms with Crippen LogP contribution in [0.15, 0.2) is 22.7 Å². The predicted octanol–water partition coefficient (Wildman–Crippen LogP) is 4.61. The van der Waals surface area contributed by atoms with Crippen LogP contribution in [0.1, 0.15) is 31.0 Å². The molecule has 18 heavy (non-hydrogen) atoms. The molecule has 1 atom stereocenters. The Bertz CT molecular complexity index is 545. The van der Waals surface area contributed by atoms with Crippen LogP contribution in [0.5, 0.6) is 0 Å². The first-order valence-electron chi connectivity index (χ1n) is 5.55. The maximum Gasteiger partial charge on any atom is 0.259 e. The summed E-state index contributed by atoms with van der Waals surface area (Å²) in [6.07, 6.45) is 1.69. The van der Waals surface area contributed by atoms with Crippen molar-refractivity contribution in [1.82, 2.24) is 10.1 Å². The van der Waals surface area contributed by atoms with Gasteiger partial charge in [-0.05, 0) is 24.6 Å². The fraction of sp³-hybridized carbons (Fsp3) is 0.333. The van der Waals surface area contributed by atoms with Gasteiger partial charge in [-0.1, -0.05) is 30.1 Å². The normalized spacial score (nSPS) is 12.7. The SMILES string of the molecule is CCCC(Cl)c1noc(-c2ccc(F)cc2Cl)n1. The fourth-order valence-corrected chi connectivity index (χ4v) is 2.07. The van der Waals surface area contributed by atoms with E-state index in [0.29, 0.717) is 11.4 Å². The number of alkyl halides is 1. The van der Waals surface area contributed by atoms with E-state index in [1.54, 1.807) is 0 Å². The average Bonchev–Trinajstić information content (AvgIpc) is 2.78. The highest BCUT2D eigenvalue weighted by atomic mass is 35.5. The maximum absolute atomic E-state index is 12.9. The van der Waals surface area contributed by atoms with Gasteiger partial charge < -0.3 is 4.52 Å². The Morgan fingerprint density at radius 3 is 2.89 bits per heavy atom. The molecule has 0 aliphatic carbocycles. The summed E-state index contributed by atoms with van der Waals surface area (Å²) in [4.78, 5) is 4.17. The van der Waals surface area contributed by atoms with E-state index in [2.05, 4.69) is 10.1 Å². The molecule has 1 heterocycles. The Hall–Kier alpha value is -1.13. The molecule has 2 aromatic rings. The van der Waals surface area contributed by atoms with Crippen molar-refractivity contribution in [3.05, 3.63) is 34.9 Å². The lowest BCUT2D eigenvalue weighted by Crippen LogP contribution is -1.92. The third kappa shape index (κ3) is 2.82. The van der Waals surface area contributed by atoms with Crippen molar-refractivity contribution in [3.63, 3.8) is 0 Å². The topological polar surface area (TPSA) is 38.9 Å². The number of hydrogen-bond donors (Lipinski definition) is 0. The summed E-state index contributed by atoms with van der Waals surface area (Å²) in [6, 6.07) is 3.98. The molecule has 6 heteroatoms. The maximum atomic E-state index is 12.9. The van der Waals surface area contributed by atoms with Gasteiger partial charge in [0.1, 0.15) is 5.82 Å². The monoisotopic (exact) mass is 288 g/mol. The van der Waals surface area contributed by atoms with Crippen LogP contribution in [-0.2, 0) is 0 Å². The van der Waals surface area contributed by atoms with Gasteiger partial charge in [0.2, 0.25) is 0 Å². The zero-order valence-electron chi connectivity index (χ0n) is 9.66. The zero-order valence-corrected chi connectivity index (χ0v) is 11.2. The highest BCUT2D eigenvalue weighted by molar-refractivity contribution is 6.33. The third-order valence-corrected chi connectivity index (χ3v) is 3.15. The number of nitrogens with zero attached hydrogens (tertiary/aromatic N) is 2. The summed E-state index contributed by atoms with van der Waals surface area (Å²) < 4.78 is 18.0. The Balaban J connectivity index is 2.29. The minimum atomic E-state index is -0.412. The molecule has 0 amide bonds. The smallest absolute Gasteiger partial charge is 0.259 e. The lowest BCUT2D eigenvalue weighted by molar-refractivity contribution is 0.420. The van der Waals surface area contributed by atoms with Gasteiger partial charge in [-0.3, -0.25) is 0 Å². The Labute approximate surface area is 114 Å². The van der Waals surface area contributed by atoms with Gasteiger partial charge in [-0.25, -0.2) is 4.39 Å². The van der Waals surface area contributed by atoms with Crippen LogP contribution >= 0.6 is 23.2 Å². The molecule has 96 valence electrons. The molecule has 0 aliphatic heterocycles. The molecule has 1 unspecified atom stereocenters. The van der Waals surface area contributed by atoms with Crippen LogP contribution in [0.3, 0.4) is 0 Å². The van der Waals surface area contributed by atoms with E-state index >= 15 is 0 Å². The van der Waals surface area contributed by atoms with Gasteiger partial charge in [0.25, 0.3) is 5.89 Å². The molecule has 0 saturated carbocycles. The second kappa shape index (κ2) is 5.67. The zero-order chi connectivity index (χ0) is 13.1. The molecule has 0 fully saturated rings. The summed E-state index contributed by atoms with van der Waals surface area (Å²) >= 11 is 12.0. The van der Waals surface area contributed by atoms with E-state index in [4.69, 9.17) is 27.7 Å². The lowest BCUT2D eigenvalue weighted by Gasteiger charge is -2.00. The van der Waals surface area contributed by atoms with Crippen molar-refractivity contribution in [3.8, 4) is 11.5 Å². The van der Waals surface area contributed by atoms with Crippen molar-refractivity contribution in [2.45, 2.75) is 25.1 Å². The Morgan fingerprint density at radius 1 is 1.44 bits per heavy atom. The summed E-state index contributed by atoms with van der Waals surface area (Å²) in [6.45, 7) is 2.02. The van der Waals surface area contributed by atoms with E-state index < -0.39 is 5.82 Å². The molecule has 0 radical (unpaired) electrons. The quantitative estimate of drug-likeness (QED) is 0.771. The number of halogens is 3. The highest BCUT2D eigenvalue weighted by Gasteiger charge is 2.17. The van der Waals surface area contributed by atoms with Gasteiger partial charge in [0, 0.05) is 0 Å². The molecule has 0 bridgehead atoms. The fourth-order valence-electron chi connectivity index (χ4n) is 1.52. The van der Waals surface area contributed by atoms with Crippen LogP contribution in [0.25, 0.3) is 11.5 Å². The molecule has 1 aromatic carbocycles. The predicted molar refractivity (Wildman–Crippen MR) is 68.2 cm³/mol.